The second-order valence-electron chi connectivity index (χ2n) is 7.50. The van der Waals surface area contributed by atoms with Crippen LogP contribution in [0.5, 0.6) is 5.75 Å². The summed E-state index contributed by atoms with van der Waals surface area (Å²) in [5.74, 6) is -0.136. The first kappa shape index (κ1) is 21.6. The number of nitrogens with one attached hydrogen (secondary N) is 1. The third-order valence-electron chi connectivity index (χ3n) is 5.12. The van der Waals surface area contributed by atoms with Crippen LogP contribution in [-0.4, -0.2) is 24.5 Å². The first-order chi connectivity index (χ1) is 14.6. The van der Waals surface area contributed by atoms with Crippen LogP contribution in [0.25, 0.3) is 0 Å². The molecule has 5 nitrogen and oxygen atoms in total. The van der Waals surface area contributed by atoms with Gasteiger partial charge in [-0.2, -0.15) is 0 Å². The van der Waals surface area contributed by atoms with Gasteiger partial charge in [-0.3, -0.25) is 4.79 Å². The van der Waals surface area contributed by atoms with Gasteiger partial charge in [0.2, 0.25) is 0 Å². The minimum atomic E-state index is -0.841. The first-order valence-electron chi connectivity index (χ1n) is 10.6. The van der Waals surface area contributed by atoms with Crippen molar-refractivity contribution >= 4 is 11.9 Å². The molecular weight excluding hydrogens is 378 g/mol. The second kappa shape index (κ2) is 11.2. The molecule has 2 aromatic carbocycles. The summed E-state index contributed by atoms with van der Waals surface area (Å²) in [6.07, 6.45) is 7.02. The molecule has 0 saturated carbocycles. The fourth-order valence-corrected chi connectivity index (χ4v) is 3.33. The van der Waals surface area contributed by atoms with Crippen LogP contribution in [-0.2, 0) is 16.1 Å². The van der Waals surface area contributed by atoms with E-state index in [1.807, 2.05) is 30.3 Å². The van der Waals surface area contributed by atoms with Crippen LogP contribution < -0.4 is 10.1 Å². The Hall–Kier alpha value is -3.08. The van der Waals surface area contributed by atoms with Crippen molar-refractivity contribution in [1.82, 2.24) is 5.32 Å². The molecule has 1 aliphatic carbocycles. The fraction of sp³-hybridized carbons (Fsp3) is 0.360. The van der Waals surface area contributed by atoms with Crippen LogP contribution in [0.2, 0.25) is 0 Å². The molecule has 1 aliphatic rings. The summed E-state index contributed by atoms with van der Waals surface area (Å²) >= 11 is 0. The quantitative estimate of drug-likeness (QED) is 0.478. The van der Waals surface area contributed by atoms with Crippen molar-refractivity contribution in [2.45, 2.75) is 51.7 Å². The van der Waals surface area contributed by atoms with Crippen molar-refractivity contribution < 1.29 is 19.1 Å². The summed E-state index contributed by atoms with van der Waals surface area (Å²) in [6.45, 7) is 2.61. The molecule has 0 saturated heterocycles. The number of carbonyl (C=O) groups is 2. The molecule has 5 heteroatoms. The van der Waals surface area contributed by atoms with Crippen molar-refractivity contribution in [1.29, 1.82) is 0 Å². The van der Waals surface area contributed by atoms with Gasteiger partial charge in [-0.25, -0.2) is 4.79 Å². The molecule has 0 spiro atoms. The van der Waals surface area contributed by atoms with Crippen molar-refractivity contribution in [2.24, 2.45) is 0 Å². The zero-order chi connectivity index (χ0) is 21.2. The van der Waals surface area contributed by atoms with Gasteiger partial charge in [-0.1, -0.05) is 42.0 Å². The molecule has 0 fully saturated rings. The number of rotatable bonds is 9. The van der Waals surface area contributed by atoms with Gasteiger partial charge in [0.05, 0.1) is 5.56 Å². The van der Waals surface area contributed by atoms with Crippen LogP contribution in [0.1, 0.15) is 54.9 Å². The summed E-state index contributed by atoms with van der Waals surface area (Å²) in [5, 5.41) is 2.85. The number of carbonyl (C=O) groups excluding carboxylic acids is 2. The highest BCUT2D eigenvalue weighted by atomic mass is 16.5. The van der Waals surface area contributed by atoms with E-state index in [2.05, 4.69) is 11.4 Å². The van der Waals surface area contributed by atoms with Gasteiger partial charge in [0.1, 0.15) is 12.4 Å². The monoisotopic (exact) mass is 407 g/mol. The number of ether oxygens (including phenoxy) is 2. The predicted molar refractivity (Wildman–Crippen MR) is 116 cm³/mol. The van der Waals surface area contributed by atoms with E-state index in [1.54, 1.807) is 31.2 Å². The van der Waals surface area contributed by atoms with Gasteiger partial charge in [0.15, 0.2) is 6.10 Å². The van der Waals surface area contributed by atoms with Crippen LogP contribution >= 0.6 is 0 Å². The topological polar surface area (TPSA) is 64.6 Å². The zero-order valence-corrected chi connectivity index (χ0v) is 17.4. The van der Waals surface area contributed by atoms with E-state index in [1.165, 1.54) is 18.4 Å². The normalized spacial score (nSPS) is 14.4. The highest BCUT2D eigenvalue weighted by Crippen LogP contribution is 2.19. The van der Waals surface area contributed by atoms with E-state index in [9.17, 15) is 9.59 Å². The maximum atomic E-state index is 12.3. The lowest BCUT2D eigenvalue weighted by Gasteiger charge is -2.16. The molecule has 0 radical (unpaired) electrons. The van der Waals surface area contributed by atoms with Crippen molar-refractivity contribution in [3.8, 4) is 5.75 Å². The smallest absolute Gasteiger partial charge is 0.338 e. The van der Waals surface area contributed by atoms with E-state index in [0.717, 1.165) is 24.8 Å². The van der Waals surface area contributed by atoms with E-state index >= 15 is 0 Å². The Bertz CT molecular complexity index is 858. The summed E-state index contributed by atoms with van der Waals surface area (Å²) in [7, 11) is 0. The average Bonchev–Trinajstić information content (AvgIpc) is 2.79. The molecule has 3 rings (SSSR count). The third kappa shape index (κ3) is 6.76. The van der Waals surface area contributed by atoms with Crippen molar-refractivity contribution in [2.75, 3.05) is 6.54 Å². The van der Waals surface area contributed by atoms with E-state index in [-0.39, 0.29) is 5.91 Å². The highest BCUT2D eigenvalue weighted by molar-refractivity contribution is 5.92. The van der Waals surface area contributed by atoms with Gasteiger partial charge in [-0.05, 0) is 68.9 Å². The van der Waals surface area contributed by atoms with E-state index in [0.29, 0.717) is 24.5 Å². The zero-order valence-electron chi connectivity index (χ0n) is 17.4. The molecular formula is C25H29NO4. The molecule has 2 aromatic rings. The molecule has 0 aliphatic heterocycles. The summed E-state index contributed by atoms with van der Waals surface area (Å²) in [5.41, 5.74) is 2.86. The van der Waals surface area contributed by atoms with Crippen LogP contribution in [0.15, 0.2) is 66.2 Å². The minimum absolute atomic E-state index is 0.275. The molecule has 30 heavy (non-hydrogen) atoms. The average molecular weight is 408 g/mol. The van der Waals surface area contributed by atoms with Gasteiger partial charge in [-0.15, -0.1) is 0 Å². The number of hydrogen-bond acceptors (Lipinski definition) is 4. The van der Waals surface area contributed by atoms with E-state index in [4.69, 9.17) is 9.47 Å². The van der Waals surface area contributed by atoms with Gasteiger partial charge in [0.25, 0.3) is 5.91 Å². The molecule has 0 heterocycles. The number of esters is 1. The van der Waals surface area contributed by atoms with Crippen LogP contribution in [0.4, 0.5) is 0 Å². The Balaban J connectivity index is 1.41. The molecule has 0 unspecified atom stereocenters. The summed E-state index contributed by atoms with van der Waals surface area (Å²) < 4.78 is 11.0. The molecule has 0 bridgehead atoms. The lowest BCUT2D eigenvalue weighted by molar-refractivity contribution is -0.129. The largest absolute Gasteiger partial charge is 0.489 e. The Labute approximate surface area is 178 Å². The first-order valence-corrected chi connectivity index (χ1v) is 10.6. The molecule has 1 amide bonds. The highest BCUT2D eigenvalue weighted by Gasteiger charge is 2.18. The summed E-state index contributed by atoms with van der Waals surface area (Å²) in [6, 6.07) is 16.6. The van der Waals surface area contributed by atoms with Gasteiger partial charge >= 0.3 is 5.97 Å². The lowest BCUT2D eigenvalue weighted by Crippen LogP contribution is -2.36. The lowest BCUT2D eigenvalue weighted by atomic mass is 9.97. The number of amides is 1. The Morgan fingerprint density at radius 1 is 1.03 bits per heavy atom. The van der Waals surface area contributed by atoms with Gasteiger partial charge in [0, 0.05) is 6.54 Å². The molecule has 0 aromatic heterocycles. The fourth-order valence-electron chi connectivity index (χ4n) is 3.33. The predicted octanol–water partition coefficient (Wildman–Crippen LogP) is 4.82. The minimum Gasteiger partial charge on any atom is -0.489 e. The standard InChI is InChI=1S/C25H29NO4/c1-19(24(27)26-17-16-20-8-4-2-5-9-20)30-25(28)22-12-14-23(15-13-22)29-18-21-10-6-3-7-11-21/h3,6-8,10-15,19H,2,4-5,9,16-18H2,1H3,(H,26,27)/t19-/m0/s1. The Morgan fingerprint density at radius 2 is 1.80 bits per heavy atom. The Morgan fingerprint density at radius 3 is 2.50 bits per heavy atom. The maximum absolute atomic E-state index is 12.3. The van der Waals surface area contributed by atoms with Crippen molar-refractivity contribution in [3.63, 3.8) is 0 Å². The summed E-state index contributed by atoms with van der Waals surface area (Å²) in [4.78, 5) is 24.5. The van der Waals surface area contributed by atoms with E-state index < -0.39 is 12.1 Å². The van der Waals surface area contributed by atoms with Gasteiger partial charge < -0.3 is 14.8 Å². The molecule has 158 valence electrons. The third-order valence-corrected chi connectivity index (χ3v) is 5.12. The maximum Gasteiger partial charge on any atom is 0.338 e. The molecule has 1 N–H and O–H groups in total. The van der Waals surface area contributed by atoms with Crippen molar-refractivity contribution in [3.05, 3.63) is 77.4 Å². The number of benzene rings is 2. The number of allylic oxidation sites excluding steroid dienone is 1. The number of hydrogen-bond donors (Lipinski definition) is 1. The van der Waals surface area contributed by atoms with Crippen LogP contribution in [0, 0.1) is 0 Å². The van der Waals surface area contributed by atoms with Crippen LogP contribution in [0.3, 0.4) is 0 Å². The SMILES string of the molecule is C[C@H](OC(=O)c1ccc(OCc2ccccc2)cc1)C(=O)NCCC1=CCCCC1. The Kier molecular flexibility index (Phi) is 8.07. The molecule has 1 atom stereocenters. The second-order valence-corrected chi connectivity index (χ2v) is 7.50.